The van der Waals surface area contributed by atoms with Gasteiger partial charge in [-0.1, -0.05) is 52.9 Å². The number of benzene rings is 2. The molecule has 3 N–H and O–H groups in total. The first-order valence-electron chi connectivity index (χ1n) is 27.9. The Labute approximate surface area is 479 Å². The average molecular weight is 1150 g/mol. The zero-order valence-corrected chi connectivity index (χ0v) is 48.4. The first-order valence-corrected chi connectivity index (χ1v) is 30.0. The number of hydrogen-bond donors (Lipinski definition) is 3. The summed E-state index contributed by atoms with van der Waals surface area (Å²) in [6.45, 7) is 15.7. The number of carbonyl (C=O) groups is 4. The molecule has 5 saturated heterocycles. The highest BCUT2D eigenvalue weighted by Gasteiger charge is 2.55. The Bertz CT molecular complexity index is 3140. The van der Waals surface area contributed by atoms with Crippen LogP contribution < -0.4 is 15.5 Å². The number of aromatic nitrogens is 7. The van der Waals surface area contributed by atoms with E-state index in [2.05, 4.69) is 80.6 Å². The third-order valence-electron chi connectivity index (χ3n) is 16.9. The molecule has 4 amide bonds. The normalized spacial score (nSPS) is 22.1. The number of piperidine rings is 1. The molecule has 12 rings (SSSR count). The Kier molecular flexibility index (Phi) is 16.3. The van der Waals surface area contributed by atoms with Crippen LogP contribution >= 0.6 is 34.7 Å². The van der Waals surface area contributed by atoms with Gasteiger partial charge in [0.25, 0.3) is 5.91 Å². The highest BCUT2D eigenvalue weighted by atomic mass is 35.5. The molecule has 1 atom stereocenters. The van der Waals surface area contributed by atoms with E-state index in [1.807, 2.05) is 57.1 Å². The zero-order chi connectivity index (χ0) is 55.7. The number of piperazine rings is 2. The maximum atomic E-state index is 14.8. The third kappa shape index (κ3) is 12.3. The second-order valence-electron chi connectivity index (χ2n) is 23.2. The number of ether oxygens (including phenoxy) is 2. The number of carbonyl (C=O) groups excluding carboxylic acids is 4. The van der Waals surface area contributed by atoms with Crippen molar-refractivity contribution in [3.05, 3.63) is 106 Å². The molecule has 9 heterocycles. The molecule has 0 unspecified atom stereocenters. The van der Waals surface area contributed by atoms with Crippen LogP contribution in [-0.2, 0) is 24.8 Å². The van der Waals surface area contributed by atoms with Crippen molar-refractivity contribution in [2.45, 2.75) is 106 Å². The monoisotopic (exact) mass is 1150 g/mol. The number of amides is 4. The fourth-order valence-corrected chi connectivity index (χ4v) is 14.1. The Morgan fingerprint density at radius 2 is 1.61 bits per heavy atom. The third-order valence-corrected chi connectivity index (χ3v) is 19.2. The van der Waals surface area contributed by atoms with Gasteiger partial charge in [0.1, 0.15) is 28.9 Å². The number of fused-ring (bicyclic) bond motifs is 4. The van der Waals surface area contributed by atoms with Crippen LogP contribution in [-0.4, -0.2) is 180 Å². The molecule has 6 aliphatic rings. The number of imidazole rings is 1. The number of nitrogens with one attached hydrogen (secondary N) is 3. The molecule has 6 fully saturated rings. The number of rotatable bonds is 16. The molecule has 2 bridgehead atoms. The highest BCUT2D eigenvalue weighted by Crippen LogP contribution is 2.50. The predicted molar refractivity (Wildman–Crippen MR) is 307 cm³/mol. The number of aromatic amines is 1. The average Bonchev–Trinajstić information content (AvgIpc) is 4.38. The summed E-state index contributed by atoms with van der Waals surface area (Å²) in [5, 5.41) is 17.0. The second-order valence-corrected chi connectivity index (χ2v) is 25.8. The molecule has 2 aromatic carbocycles. The smallest absolute Gasteiger partial charge is 0.408 e. The van der Waals surface area contributed by atoms with Crippen molar-refractivity contribution in [2.24, 2.45) is 5.41 Å². The molecule has 424 valence electrons. The topological polar surface area (TPSA) is 212 Å². The van der Waals surface area contributed by atoms with Crippen LogP contribution in [0.5, 0.6) is 0 Å². The van der Waals surface area contributed by atoms with Gasteiger partial charge in [0, 0.05) is 114 Å². The lowest BCUT2D eigenvalue weighted by molar-refractivity contribution is -0.203. The number of hydrogen-bond acceptors (Lipinski definition) is 16. The van der Waals surface area contributed by atoms with E-state index in [4.69, 9.17) is 21.1 Å². The van der Waals surface area contributed by atoms with Gasteiger partial charge in [0.05, 0.1) is 35.4 Å². The van der Waals surface area contributed by atoms with E-state index in [1.165, 1.54) is 28.8 Å². The van der Waals surface area contributed by atoms with Crippen molar-refractivity contribution in [2.75, 3.05) is 90.0 Å². The largest absolute Gasteiger partial charge is 0.444 e. The number of anilines is 1. The van der Waals surface area contributed by atoms with Gasteiger partial charge >= 0.3 is 6.09 Å². The molecule has 80 heavy (non-hydrogen) atoms. The SMILES string of the molecule is Cc1cc(-n2ccnc2)ccc1CSc1nnc(C(=O)N2CCN(CC34CCC(C(=O)N5CCN(CC[C@H](NC(=O)C6(NC(=O)OC(C)(C)C)CCN(c7ncnc8[nH]ccc78)CC6)c6ccc(Cl)cc6)CC5)(CC3)CO4)CC2)s1. The molecule has 1 saturated carbocycles. The van der Waals surface area contributed by atoms with E-state index in [9.17, 15) is 19.2 Å². The first-order chi connectivity index (χ1) is 38.5. The number of nitrogens with zero attached hydrogens (tertiary/aromatic N) is 11. The van der Waals surface area contributed by atoms with Crippen LogP contribution in [0.3, 0.4) is 0 Å². The molecule has 0 radical (unpaired) electrons. The molecule has 20 nitrogen and oxygen atoms in total. The minimum Gasteiger partial charge on any atom is -0.444 e. The summed E-state index contributed by atoms with van der Waals surface area (Å²) >= 11 is 9.32. The van der Waals surface area contributed by atoms with Gasteiger partial charge in [-0.3, -0.25) is 24.2 Å². The van der Waals surface area contributed by atoms with Crippen LogP contribution in [0.25, 0.3) is 16.7 Å². The number of alkyl carbamates (subject to hydrolysis) is 1. The zero-order valence-electron chi connectivity index (χ0n) is 46.0. The Hall–Kier alpha value is -6.17. The molecular formula is C57H71ClN14O6S2. The van der Waals surface area contributed by atoms with Crippen molar-refractivity contribution >= 4 is 75.4 Å². The van der Waals surface area contributed by atoms with E-state index in [-0.39, 0.29) is 29.4 Å². The summed E-state index contributed by atoms with van der Waals surface area (Å²) in [6, 6.07) is 15.5. The van der Waals surface area contributed by atoms with Crippen molar-refractivity contribution < 1.29 is 28.7 Å². The van der Waals surface area contributed by atoms with Gasteiger partial charge in [-0.05, 0) is 120 Å². The number of aryl methyl sites for hydroxylation is 1. The molecule has 6 aromatic rings. The molecule has 5 aliphatic heterocycles. The minimum atomic E-state index is -1.25. The van der Waals surface area contributed by atoms with Crippen LogP contribution in [0.2, 0.25) is 5.02 Å². The van der Waals surface area contributed by atoms with E-state index < -0.39 is 22.6 Å². The van der Waals surface area contributed by atoms with Crippen molar-refractivity contribution in [1.29, 1.82) is 0 Å². The molecule has 4 aromatic heterocycles. The summed E-state index contributed by atoms with van der Waals surface area (Å²) in [7, 11) is 0. The summed E-state index contributed by atoms with van der Waals surface area (Å²) in [5.41, 5.74) is 2.29. The molecule has 0 spiro atoms. The summed E-state index contributed by atoms with van der Waals surface area (Å²) in [4.78, 5) is 83.4. The number of halogens is 1. The molecular weight excluding hydrogens is 1080 g/mol. The number of H-pyrrole nitrogens is 1. The Morgan fingerprint density at radius 3 is 2.30 bits per heavy atom. The lowest BCUT2D eigenvalue weighted by atomic mass is 9.65. The van der Waals surface area contributed by atoms with Crippen LogP contribution in [0.15, 0.2) is 84.1 Å². The Morgan fingerprint density at radius 1 is 0.875 bits per heavy atom. The van der Waals surface area contributed by atoms with E-state index in [1.54, 1.807) is 45.1 Å². The number of thioether (sulfide) groups is 1. The van der Waals surface area contributed by atoms with Gasteiger partial charge in [-0.2, -0.15) is 0 Å². The van der Waals surface area contributed by atoms with Gasteiger partial charge in [-0.15, -0.1) is 10.2 Å². The van der Waals surface area contributed by atoms with Crippen LogP contribution in [0.1, 0.15) is 98.3 Å². The lowest BCUT2D eigenvalue weighted by Crippen LogP contribution is -2.64. The maximum absolute atomic E-state index is 14.8. The van der Waals surface area contributed by atoms with E-state index in [0.29, 0.717) is 94.8 Å². The fourth-order valence-electron chi connectivity index (χ4n) is 12.1. The van der Waals surface area contributed by atoms with Crippen LogP contribution in [0, 0.1) is 12.3 Å². The van der Waals surface area contributed by atoms with E-state index in [0.717, 1.165) is 83.5 Å². The summed E-state index contributed by atoms with van der Waals surface area (Å²) < 4.78 is 15.2. The maximum Gasteiger partial charge on any atom is 0.408 e. The minimum absolute atomic E-state index is 0.0687. The molecule has 1 aliphatic carbocycles. The standard InChI is InChI=1S/C57H71ClN14O6S2/c1-39-33-43(72-24-20-59-38-72)10-7-41(39)34-79-53-66-65-48(80-53)49(73)70-29-27-68(28-30-70)35-56-15-13-55(14-16-56,36-77-56)51(75)71-31-25-67(26-32-71)21-12-45(40-5-8-42(58)9-6-40)63-50(74)57(64-52(76)78-54(2,3)4)17-22-69(23-18-57)47-44-11-19-60-46(44)61-37-62-47/h5-11,19-20,24,33,37-38,45H,12-18,21-23,25-32,34-36H2,1-4H3,(H,63,74)(H,64,76)(H,60,61,62)/t45-,55?,56?/m0/s1. The van der Waals surface area contributed by atoms with E-state index >= 15 is 0 Å². The predicted octanol–water partition coefficient (Wildman–Crippen LogP) is 7.29. The van der Waals surface area contributed by atoms with Gasteiger partial charge < -0.3 is 44.4 Å². The van der Waals surface area contributed by atoms with Crippen LogP contribution in [0.4, 0.5) is 10.6 Å². The fraction of sp³-hybridized carbons (Fsp3) is 0.526. The first kappa shape index (κ1) is 55.7. The van der Waals surface area contributed by atoms with Gasteiger partial charge in [-0.25, -0.2) is 19.7 Å². The Balaban J connectivity index is 0.642. The second kappa shape index (κ2) is 23.4. The summed E-state index contributed by atoms with van der Waals surface area (Å²) in [6.07, 6.45) is 12.7. The highest BCUT2D eigenvalue weighted by molar-refractivity contribution is 8.00. The van der Waals surface area contributed by atoms with Crippen molar-refractivity contribution in [3.8, 4) is 5.69 Å². The van der Waals surface area contributed by atoms with Gasteiger partial charge in [0.2, 0.25) is 16.8 Å². The summed E-state index contributed by atoms with van der Waals surface area (Å²) in [5.74, 6) is 1.36. The van der Waals surface area contributed by atoms with Crippen molar-refractivity contribution in [1.82, 2.24) is 64.9 Å². The van der Waals surface area contributed by atoms with Gasteiger partial charge in [0.15, 0.2) is 4.34 Å². The lowest BCUT2D eigenvalue weighted by Gasteiger charge is -2.55. The quantitative estimate of drug-likeness (QED) is 0.0812. The van der Waals surface area contributed by atoms with Crippen molar-refractivity contribution in [3.63, 3.8) is 0 Å². The molecule has 23 heteroatoms.